The lowest BCUT2D eigenvalue weighted by Gasteiger charge is -2.34. The van der Waals surface area contributed by atoms with E-state index < -0.39 is 10.2 Å². The fraction of sp³-hybridized carbons (Fsp3) is 0.733. The van der Waals surface area contributed by atoms with E-state index in [0.29, 0.717) is 38.3 Å². The molecule has 0 aliphatic carbocycles. The average molecular weight is 373 g/mol. The first kappa shape index (κ1) is 19.8. The number of aromatic nitrogens is 2. The first-order chi connectivity index (χ1) is 11.9. The van der Waals surface area contributed by atoms with Crippen molar-refractivity contribution in [3.8, 4) is 0 Å². The zero-order valence-corrected chi connectivity index (χ0v) is 15.8. The Morgan fingerprint density at radius 1 is 1.40 bits per heavy atom. The van der Waals surface area contributed by atoms with E-state index in [2.05, 4.69) is 10.4 Å². The Morgan fingerprint density at radius 3 is 2.64 bits per heavy atom. The molecule has 1 N–H and O–H groups in total. The van der Waals surface area contributed by atoms with Gasteiger partial charge >= 0.3 is 0 Å². The molecule has 1 aliphatic rings. The molecule has 2 heterocycles. The van der Waals surface area contributed by atoms with E-state index in [9.17, 15) is 13.2 Å². The second-order valence-electron chi connectivity index (χ2n) is 6.06. The highest BCUT2D eigenvalue weighted by Crippen LogP contribution is 2.19. The summed E-state index contributed by atoms with van der Waals surface area (Å²) in [6.45, 7) is 4.15. The maximum atomic E-state index is 12.6. The molecule has 9 nitrogen and oxygen atoms in total. The molecular weight excluding hydrogens is 346 g/mol. The third kappa shape index (κ3) is 5.00. The number of ether oxygens (including phenoxy) is 1. The zero-order valence-electron chi connectivity index (χ0n) is 15.0. The van der Waals surface area contributed by atoms with Crippen molar-refractivity contribution >= 4 is 16.1 Å². The van der Waals surface area contributed by atoms with Crippen LogP contribution in [-0.4, -0.2) is 79.2 Å². The van der Waals surface area contributed by atoms with E-state index in [-0.39, 0.29) is 25.0 Å². The van der Waals surface area contributed by atoms with Crippen LogP contribution in [-0.2, 0) is 21.5 Å². The minimum Gasteiger partial charge on any atom is -0.381 e. The monoisotopic (exact) mass is 373 g/mol. The second-order valence-corrected chi connectivity index (χ2v) is 8.15. The summed E-state index contributed by atoms with van der Waals surface area (Å²) in [5.41, 5.74) is 0.329. The van der Waals surface area contributed by atoms with Gasteiger partial charge < -0.3 is 10.1 Å². The van der Waals surface area contributed by atoms with Gasteiger partial charge in [-0.1, -0.05) is 0 Å². The zero-order chi connectivity index (χ0) is 18.4. The van der Waals surface area contributed by atoms with Gasteiger partial charge in [-0.15, -0.1) is 0 Å². The summed E-state index contributed by atoms with van der Waals surface area (Å²) >= 11 is 0. The van der Waals surface area contributed by atoms with Crippen molar-refractivity contribution in [2.45, 2.75) is 32.4 Å². The molecule has 1 aromatic heterocycles. The molecule has 1 aliphatic heterocycles. The molecule has 1 amide bonds. The number of hydrogen-bond donors (Lipinski definition) is 1. The SMILES string of the molecule is CCn1ccc(C(=O)NCCN(C2CCOCC2)S(=O)(=O)N(C)C)n1. The fourth-order valence-electron chi connectivity index (χ4n) is 2.70. The van der Waals surface area contributed by atoms with Crippen LogP contribution in [0.2, 0.25) is 0 Å². The van der Waals surface area contributed by atoms with Crippen LogP contribution in [0.5, 0.6) is 0 Å². The minimum atomic E-state index is -3.56. The lowest BCUT2D eigenvalue weighted by molar-refractivity contribution is 0.0571. The van der Waals surface area contributed by atoms with E-state index in [1.807, 2.05) is 6.92 Å². The number of aryl methyl sites for hydroxylation is 1. The lowest BCUT2D eigenvalue weighted by atomic mass is 10.1. The normalized spacial score (nSPS) is 16.5. The molecule has 2 rings (SSSR count). The number of hydrogen-bond acceptors (Lipinski definition) is 5. The standard InChI is InChI=1S/C15H27N5O4S/c1-4-19-9-5-14(17-19)15(21)16-8-10-20(25(22,23)18(2)3)13-6-11-24-12-7-13/h5,9,13H,4,6-8,10-12H2,1-3H3,(H,16,21). The molecule has 0 atom stereocenters. The number of amides is 1. The Hall–Kier alpha value is -1.49. The summed E-state index contributed by atoms with van der Waals surface area (Å²) in [6, 6.07) is 1.53. The molecular formula is C15H27N5O4S. The van der Waals surface area contributed by atoms with Crippen LogP contribution in [0.3, 0.4) is 0 Å². The Labute approximate surface area is 149 Å². The van der Waals surface area contributed by atoms with Crippen molar-refractivity contribution in [3.63, 3.8) is 0 Å². The van der Waals surface area contributed by atoms with Gasteiger partial charge in [-0.25, -0.2) is 0 Å². The predicted octanol–water partition coefficient (Wildman–Crippen LogP) is -0.0798. The maximum Gasteiger partial charge on any atom is 0.281 e. The van der Waals surface area contributed by atoms with Crippen LogP contribution in [0.1, 0.15) is 30.3 Å². The van der Waals surface area contributed by atoms with E-state index in [0.717, 1.165) is 0 Å². The van der Waals surface area contributed by atoms with E-state index in [4.69, 9.17) is 4.74 Å². The van der Waals surface area contributed by atoms with Gasteiger partial charge in [0, 0.05) is 59.2 Å². The van der Waals surface area contributed by atoms with Crippen LogP contribution < -0.4 is 5.32 Å². The van der Waals surface area contributed by atoms with Gasteiger partial charge in [-0.2, -0.15) is 22.1 Å². The van der Waals surface area contributed by atoms with Crippen molar-refractivity contribution in [1.82, 2.24) is 23.7 Å². The molecule has 142 valence electrons. The van der Waals surface area contributed by atoms with Gasteiger partial charge in [0.25, 0.3) is 16.1 Å². The Bertz CT molecular complexity index is 667. The number of nitrogens with one attached hydrogen (secondary N) is 1. The van der Waals surface area contributed by atoms with Crippen LogP contribution in [0.25, 0.3) is 0 Å². The highest BCUT2D eigenvalue weighted by molar-refractivity contribution is 7.86. The van der Waals surface area contributed by atoms with Crippen LogP contribution in [0, 0.1) is 0 Å². The molecule has 0 radical (unpaired) electrons. The predicted molar refractivity (Wildman–Crippen MR) is 93.4 cm³/mol. The molecule has 1 saturated heterocycles. The lowest BCUT2D eigenvalue weighted by Crippen LogP contribution is -2.50. The molecule has 0 aromatic carbocycles. The number of nitrogens with zero attached hydrogens (tertiary/aromatic N) is 4. The van der Waals surface area contributed by atoms with Crippen molar-refractivity contribution in [2.24, 2.45) is 0 Å². The number of carbonyl (C=O) groups excluding carboxylic acids is 1. The average Bonchev–Trinajstić information content (AvgIpc) is 3.08. The van der Waals surface area contributed by atoms with Gasteiger partial charge in [0.1, 0.15) is 5.69 Å². The van der Waals surface area contributed by atoms with E-state index >= 15 is 0 Å². The van der Waals surface area contributed by atoms with Crippen molar-refractivity contribution in [3.05, 3.63) is 18.0 Å². The summed E-state index contributed by atoms with van der Waals surface area (Å²) in [6.07, 6.45) is 3.05. The molecule has 25 heavy (non-hydrogen) atoms. The highest BCUT2D eigenvalue weighted by Gasteiger charge is 2.32. The summed E-state index contributed by atoms with van der Waals surface area (Å²) in [4.78, 5) is 12.1. The van der Waals surface area contributed by atoms with Crippen molar-refractivity contribution in [2.75, 3.05) is 40.4 Å². The summed E-state index contributed by atoms with van der Waals surface area (Å²) in [5.74, 6) is -0.304. The number of rotatable bonds is 8. The van der Waals surface area contributed by atoms with Crippen molar-refractivity contribution < 1.29 is 17.9 Å². The number of carbonyl (C=O) groups is 1. The fourth-order valence-corrected chi connectivity index (χ4v) is 4.03. The van der Waals surface area contributed by atoms with Gasteiger partial charge in [0.05, 0.1) is 0 Å². The van der Waals surface area contributed by atoms with Crippen molar-refractivity contribution in [1.29, 1.82) is 0 Å². The highest BCUT2D eigenvalue weighted by atomic mass is 32.2. The third-order valence-electron chi connectivity index (χ3n) is 4.17. The summed E-state index contributed by atoms with van der Waals surface area (Å²) in [5, 5.41) is 6.89. The Balaban J connectivity index is 1.98. The molecule has 0 unspecified atom stereocenters. The molecule has 1 aromatic rings. The molecule has 1 fully saturated rings. The minimum absolute atomic E-state index is 0.114. The van der Waals surface area contributed by atoms with Crippen LogP contribution in [0.4, 0.5) is 0 Å². The molecule has 0 bridgehead atoms. The smallest absolute Gasteiger partial charge is 0.281 e. The molecule has 0 spiro atoms. The topological polar surface area (TPSA) is 96.8 Å². The Morgan fingerprint density at radius 2 is 2.08 bits per heavy atom. The summed E-state index contributed by atoms with van der Waals surface area (Å²) in [7, 11) is -0.538. The first-order valence-electron chi connectivity index (χ1n) is 8.45. The first-order valence-corrected chi connectivity index (χ1v) is 9.84. The van der Waals surface area contributed by atoms with E-state index in [1.165, 1.54) is 22.7 Å². The van der Waals surface area contributed by atoms with Gasteiger partial charge in [0.15, 0.2) is 0 Å². The summed E-state index contributed by atoms with van der Waals surface area (Å²) < 4.78 is 34.8. The third-order valence-corrected chi connectivity index (χ3v) is 6.17. The van der Waals surface area contributed by atoms with Gasteiger partial charge in [-0.05, 0) is 25.8 Å². The van der Waals surface area contributed by atoms with Crippen LogP contribution >= 0.6 is 0 Å². The van der Waals surface area contributed by atoms with Crippen LogP contribution in [0.15, 0.2) is 12.3 Å². The van der Waals surface area contributed by atoms with Gasteiger partial charge in [-0.3, -0.25) is 9.48 Å². The largest absolute Gasteiger partial charge is 0.381 e. The van der Waals surface area contributed by atoms with Gasteiger partial charge in [0.2, 0.25) is 0 Å². The quantitative estimate of drug-likeness (QED) is 0.687. The Kier molecular flexibility index (Phi) is 6.94. The second kappa shape index (κ2) is 8.75. The molecule has 10 heteroatoms. The maximum absolute atomic E-state index is 12.6. The molecule has 0 saturated carbocycles. The van der Waals surface area contributed by atoms with E-state index in [1.54, 1.807) is 16.9 Å².